The lowest BCUT2D eigenvalue weighted by Gasteiger charge is -2.15. The van der Waals surface area contributed by atoms with Crippen LogP contribution in [0, 0.1) is 0 Å². The molecule has 88 valence electrons. The smallest absolute Gasteiger partial charge is 0.166 e. The Hall–Kier alpha value is -0.700. The maximum atomic E-state index is 12.3. The Balaban J connectivity index is 2.19. The van der Waals surface area contributed by atoms with Gasteiger partial charge in [0.2, 0.25) is 0 Å². The maximum absolute atomic E-state index is 12.3. The van der Waals surface area contributed by atoms with Crippen molar-refractivity contribution >= 4 is 11.6 Å². The molecule has 4 heteroatoms. The quantitative estimate of drug-likeness (QED) is 0.638. The highest BCUT2D eigenvalue weighted by atomic mass is 35.5. The summed E-state index contributed by atoms with van der Waals surface area (Å²) in [6.07, 6.45) is -1.28. The zero-order valence-corrected chi connectivity index (χ0v) is 9.35. The van der Waals surface area contributed by atoms with E-state index in [-0.39, 0.29) is 11.3 Å². The molecule has 2 unspecified atom stereocenters. The van der Waals surface area contributed by atoms with E-state index in [0.717, 1.165) is 37.0 Å². The Kier molecular flexibility index (Phi) is 3.15. The van der Waals surface area contributed by atoms with Crippen LogP contribution in [-0.4, -0.2) is 5.38 Å². The lowest BCUT2D eigenvalue weighted by molar-refractivity contribution is -0.137. The molecule has 0 aliphatic heterocycles. The van der Waals surface area contributed by atoms with Crippen molar-refractivity contribution in [1.29, 1.82) is 0 Å². The maximum Gasteiger partial charge on any atom is 0.416 e. The molecule has 1 aliphatic rings. The molecule has 0 bridgehead atoms. The van der Waals surface area contributed by atoms with Gasteiger partial charge in [0.15, 0.2) is 0 Å². The molecule has 0 N–H and O–H groups in total. The van der Waals surface area contributed by atoms with E-state index in [1.54, 1.807) is 12.1 Å². The fourth-order valence-corrected chi connectivity index (χ4v) is 2.64. The summed E-state index contributed by atoms with van der Waals surface area (Å²) in [5, 5.41) is 0.0664. The molecule has 1 fully saturated rings. The molecule has 1 aliphatic carbocycles. The number of halogens is 4. The van der Waals surface area contributed by atoms with Gasteiger partial charge in [0, 0.05) is 11.3 Å². The predicted octanol–water partition coefficient (Wildman–Crippen LogP) is 4.58. The predicted molar refractivity (Wildman–Crippen MR) is 57.7 cm³/mol. The lowest BCUT2D eigenvalue weighted by Crippen LogP contribution is -2.07. The SMILES string of the molecule is FC(F)(F)c1ccc(C2CCCC2Cl)cc1. The van der Waals surface area contributed by atoms with Crippen LogP contribution in [0.25, 0.3) is 0 Å². The van der Waals surface area contributed by atoms with Crippen molar-refractivity contribution < 1.29 is 13.2 Å². The van der Waals surface area contributed by atoms with E-state index in [1.807, 2.05) is 0 Å². The van der Waals surface area contributed by atoms with E-state index in [9.17, 15) is 13.2 Å². The fraction of sp³-hybridized carbons (Fsp3) is 0.500. The molecule has 1 aromatic carbocycles. The van der Waals surface area contributed by atoms with E-state index in [4.69, 9.17) is 11.6 Å². The molecule has 0 aromatic heterocycles. The summed E-state index contributed by atoms with van der Waals surface area (Å²) in [6.45, 7) is 0. The first-order chi connectivity index (χ1) is 7.48. The first-order valence-electron chi connectivity index (χ1n) is 5.30. The van der Waals surface area contributed by atoms with E-state index < -0.39 is 11.7 Å². The van der Waals surface area contributed by atoms with Gasteiger partial charge >= 0.3 is 6.18 Å². The summed E-state index contributed by atoms with van der Waals surface area (Å²) in [7, 11) is 0. The second-order valence-corrected chi connectivity index (χ2v) is 4.73. The Morgan fingerprint density at radius 1 is 1.06 bits per heavy atom. The van der Waals surface area contributed by atoms with Crippen LogP contribution < -0.4 is 0 Å². The highest BCUT2D eigenvalue weighted by molar-refractivity contribution is 6.21. The second-order valence-electron chi connectivity index (χ2n) is 4.17. The highest BCUT2D eigenvalue weighted by Crippen LogP contribution is 2.39. The number of benzene rings is 1. The molecule has 2 rings (SSSR count). The van der Waals surface area contributed by atoms with Gasteiger partial charge in [0.05, 0.1) is 5.56 Å². The zero-order chi connectivity index (χ0) is 11.8. The van der Waals surface area contributed by atoms with Gasteiger partial charge in [-0.15, -0.1) is 11.6 Å². The van der Waals surface area contributed by atoms with E-state index >= 15 is 0 Å². The van der Waals surface area contributed by atoms with Gasteiger partial charge in [-0.1, -0.05) is 18.6 Å². The van der Waals surface area contributed by atoms with Gasteiger partial charge in [0.25, 0.3) is 0 Å². The summed E-state index contributed by atoms with van der Waals surface area (Å²) in [5.41, 5.74) is 0.325. The molecule has 0 amide bonds. The molecule has 0 spiro atoms. The zero-order valence-electron chi connectivity index (χ0n) is 8.60. The van der Waals surface area contributed by atoms with Crippen LogP contribution in [0.2, 0.25) is 0 Å². The van der Waals surface area contributed by atoms with Crippen molar-refractivity contribution in [3.63, 3.8) is 0 Å². The number of rotatable bonds is 1. The molecular formula is C12H12ClF3. The van der Waals surface area contributed by atoms with E-state index in [0.29, 0.717) is 0 Å². The Morgan fingerprint density at radius 2 is 1.69 bits per heavy atom. The van der Waals surface area contributed by atoms with Gasteiger partial charge < -0.3 is 0 Å². The molecule has 0 radical (unpaired) electrons. The van der Waals surface area contributed by atoms with Crippen molar-refractivity contribution in [2.75, 3.05) is 0 Å². The van der Waals surface area contributed by atoms with Crippen LogP contribution in [0.4, 0.5) is 13.2 Å². The van der Waals surface area contributed by atoms with Gasteiger partial charge in [-0.3, -0.25) is 0 Å². The van der Waals surface area contributed by atoms with Gasteiger partial charge in [-0.2, -0.15) is 13.2 Å². The third-order valence-electron chi connectivity index (χ3n) is 3.10. The van der Waals surface area contributed by atoms with Crippen molar-refractivity contribution in [2.24, 2.45) is 0 Å². The van der Waals surface area contributed by atoms with Gasteiger partial charge in [-0.25, -0.2) is 0 Å². The van der Waals surface area contributed by atoms with E-state index in [1.165, 1.54) is 0 Å². The minimum absolute atomic E-state index is 0.0664. The summed E-state index contributed by atoms with van der Waals surface area (Å²) in [5.74, 6) is 0.212. The Bertz CT molecular complexity index is 356. The van der Waals surface area contributed by atoms with Gasteiger partial charge in [0.1, 0.15) is 0 Å². The summed E-state index contributed by atoms with van der Waals surface area (Å²) in [6, 6.07) is 5.37. The van der Waals surface area contributed by atoms with Crippen LogP contribution in [0.3, 0.4) is 0 Å². The minimum atomic E-state index is -4.26. The largest absolute Gasteiger partial charge is 0.416 e. The topological polar surface area (TPSA) is 0 Å². The monoisotopic (exact) mass is 248 g/mol. The van der Waals surface area contributed by atoms with Gasteiger partial charge in [-0.05, 0) is 30.5 Å². The van der Waals surface area contributed by atoms with Crippen LogP contribution in [0.5, 0.6) is 0 Å². The second kappa shape index (κ2) is 4.28. The third-order valence-corrected chi connectivity index (χ3v) is 3.62. The number of hydrogen-bond donors (Lipinski definition) is 0. The number of alkyl halides is 4. The lowest BCUT2D eigenvalue weighted by atomic mass is 9.96. The fourth-order valence-electron chi connectivity index (χ4n) is 2.21. The molecule has 1 saturated carbocycles. The van der Waals surface area contributed by atoms with Crippen LogP contribution in [-0.2, 0) is 6.18 Å². The van der Waals surface area contributed by atoms with Crippen LogP contribution in [0.1, 0.15) is 36.3 Å². The highest BCUT2D eigenvalue weighted by Gasteiger charge is 2.31. The molecular weight excluding hydrogens is 237 g/mol. The Labute approximate surface area is 97.4 Å². The standard InChI is InChI=1S/C12H12ClF3/c13-11-3-1-2-10(11)8-4-6-9(7-5-8)12(14,15)16/h4-7,10-11H,1-3H2. The average molecular weight is 249 g/mol. The molecule has 0 nitrogen and oxygen atoms in total. The molecule has 16 heavy (non-hydrogen) atoms. The van der Waals surface area contributed by atoms with Crippen molar-refractivity contribution in [3.8, 4) is 0 Å². The summed E-state index contributed by atoms with van der Waals surface area (Å²) < 4.78 is 37.0. The summed E-state index contributed by atoms with van der Waals surface area (Å²) >= 11 is 6.12. The Morgan fingerprint density at radius 3 is 2.12 bits per heavy atom. The molecule has 0 heterocycles. The van der Waals surface area contributed by atoms with Crippen molar-refractivity contribution in [3.05, 3.63) is 35.4 Å². The van der Waals surface area contributed by atoms with Crippen LogP contribution in [0.15, 0.2) is 24.3 Å². The van der Waals surface area contributed by atoms with Crippen molar-refractivity contribution in [2.45, 2.75) is 36.7 Å². The van der Waals surface area contributed by atoms with Crippen molar-refractivity contribution in [1.82, 2.24) is 0 Å². The molecule has 2 atom stereocenters. The first-order valence-corrected chi connectivity index (χ1v) is 5.73. The molecule has 1 aromatic rings. The number of hydrogen-bond acceptors (Lipinski definition) is 0. The third kappa shape index (κ3) is 2.34. The molecule has 0 saturated heterocycles. The average Bonchev–Trinajstić information content (AvgIpc) is 2.63. The van der Waals surface area contributed by atoms with Crippen LogP contribution >= 0.6 is 11.6 Å². The minimum Gasteiger partial charge on any atom is -0.166 e. The van der Waals surface area contributed by atoms with E-state index in [2.05, 4.69) is 0 Å². The first kappa shape index (κ1) is 11.8. The normalized spacial score (nSPS) is 26.0. The summed E-state index contributed by atoms with van der Waals surface area (Å²) in [4.78, 5) is 0.